The van der Waals surface area contributed by atoms with Gasteiger partial charge >= 0.3 is 12.0 Å². The fraction of sp³-hybridized carbons (Fsp3) is 0.727. The van der Waals surface area contributed by atoms with Gasteiger partial charge in [0.25, 0.3) is 0 Å². The van der Waals surface area contributed by atoms with Gasteiger partial charge in [0.05, 0.1) is 0 Å². The van der Waals surface area contributed by atoms with Gasteiger partial charge in [-0.3, -0.25) is 4.79 Å². The molecule has 0 aromatic rings. The Morgan fingerprint density at radius 2 is 2.11 bits per heavy atom. The van der Waals surface area contributed by atoms with Gasteiger partial charge in [0.15, 0.2) is 0 Å². The average Bonchev–Trinajstić information content (AvgIpc) is 2.83. The van der Waals surface area contributed by atoms with E-state index in [1.165, 1.54) is 16.8 Å². The number of hydrogen-bond donors (Lipinski definition) is 2. The summed E-state index contributed by atoms with van der Waals surface area (Å²) < 4.78 is 0. The van der Waals surface area contributed by atoms with Crippen molar-refractivity contribution in [2.75, 3.05) is 26.7 Å². The maximum absolute atomic E-state index is 12.2. The predicted molar refractivity (Wildman–Crippen MR) is 64.1 cm³/mol. The van der Waals surface area contributed by atoms with Gasteiger partial charge in [0.2, 0.25) is 5.91 Å². The Kier molecular flexibility index (Phi) is 4.94. The van der Waals surface area contributed by atoms with Crippen LogP contribution in [0.2, 0.25) is 0 Å². The zero-order chi connectivity index (χ0) is 13.7. The molecule has 1 heterocycles. The number of carbonyl (C=O) groups is 3. The summed E-state index contributed by atoms with van der Waals surface area (Å²) in [6, 6.07) is -1.15. The lowest BCUT2D eigenvalue weighted by Crippen LogP contribution is -2.50. The Bertz CT molecular complexity index is 345. The average molecular weight is 257 g/mol. The molecule has 102 valence electrons. The van der Waals surface area contributed by atoms with E-state index >= 15 is 0 Å². The van der Waals surface area contributed by atoms with E-state index in [9.17, 15) is 14.4 Å². The third-order valence-corrected chi connectivity index (χ3v) is 3.05. The van der Waals surface area contributed by atoms with Crippen LogP contribution in [0.5, 0.6) is 0 Å². The molecule has 0 saturated carbocycles. The summed E-state index contributed by atoms with van der Waals surface area (Å²) in [6.07, 6.45) is 1.15. The van der Waals surface area contributed by atoms with E-state index in [0.717, 1.165) is 0 Å². The molecule has 0 aliphatic carbocycles. The van der Waals surface area contributed by atoms with Crippen LogP contribution in [-0.2, 0) is 9.59 Å². The maximum atomic E-state index is 12.2. The number of carboxylic acid groups (broad SMARTS) is 1. The normalized spacial score (nSPS) is 18.6. The molecule has 1 aliphatic rings. The summed E-state index contributed by atoms with van der Waals surface area (Å²) in [5, 5.41) is 11.5. The molecule has 3 amide bonds. The molecule has 2 N–H and O–H groups in total. The van der Waals surface area contributed by atoms with Crippen LogP contribution in [0, 0.1) is 0 Å². The van der Waals surface area contributed by atoms with Crippen LogP contribution in [0.25, 0.3) is 0 Å². The number of rotatable bonds is 4. The molecular formula is C11H19N3O4. The Morgan fingerprint density at radius 3 is 2.61 bits per heavy atom. The topological polar surface area (TPSA) is 90.0 Å². The second-order valence-corrected chi connectivity index (χ2v) is 4.16. The van der Waals surface area contributed by atoms with Gasteiger partial charge in [-0.1, -0.05) is 0 Å². The first-order valence-corrected chi connectivity index (χ1v) is 6.00. The molecule has 7 nitrogen and oxygen atoms in total. The Balaban J connectivity index is 2.71. The molecule has 0 bridgehead atoms. The van der Waals surface area contributed by atoms with Crippen molar-refractivity contribution < 1.29 is 19.5 Å². The molecule has 1 fully saturated rings. The molecule has 1 rings (SSSR count). The summed E-state index contributed by atoms with van der Waals surface area (Å²) in [4.78, 5) is 37.1. The number of hydrogen-bond acceptors (Lipinski definition) is 3. The van der Waals surface area contributed by atoms with E-state index in [0.29, 0.717) is 25.9 Å². The number of likely N-dealkylation sites (tertiary alicyclic amines) is 1. The lowest BCUT2D eigenvalue weighted by Gasteiger charge is -2.28. The number of nitrogens with one attached hydrogen (secondary N) is 1. The lowest BCUT2D eigenvalue weighted by molar-refractivity contribution is -0.141. The zero-order valence-electron chi connectivity index (χ0n) is 10.7. The Labute approximate surface area is 106 Å². The minimum absolute atomic E-state index is 0.0470. The van der Waals surface area contributed by atoms with Gasteiger partial charge in [-0.2, -0.15) is 0 Å². The standard InChI is InChI=1S/C11H19N3O4/c1-3-13(7-9(15)12-2)11(18)14-6-4-5-8(14)10(16)17/h8H,3-7H2,1-2H3,(H,12,15)(H,16,17). The quantitative estimate of drug-likeness (QED) is 0.725. The Morgan fingerprint density at radius 1 is 1.44 bits per heavy atom. The highest BCUT2D eigenvalue weighted by Gasteiger charge is 2.36. The van der Waals surface area contributed by atoms with Crippen molar-refractivity contribution in [2.24, 2.45) is 0 Å². The number of urea groups is 1. The SMILES string of the molecule is CCN(CC(=O)NC)C(=O)N1CCCC1C(=O)O. The van der Waals surface area contributed by atoms with E-state index in [4.69, 9.17) is 5.11 Å². The van der Waals surface area contributed by atoms with Crippen LogP contribution in [-0.4, -0.2) is 65.5 Å². The second-order valence-electron chi connectivity index (χ2n) is 4.16. The number of amides is 3. The molecule has 0 spiro atoms. The third-order valence-electron chi connectivity index (χ3n) is 3.05. The van der Waals surface area contributed by atoms with Crippen LogP contribution in [0.4, 0.5) is 4.79 Å². The van der Waals surface area contributed by atoms with Crippen molar-refractivity contribution in [3.8, 4) is 0 Å². The molecule has 0 aromatic carbocycles. The highest BCUT2D eigenvalue weighted by Crippen LogP contribution is 2.19. The van der Waals surface area contributed by atoms with E-state index in [1.54, 1.807) is 6.92 Å². The molecule has 7 heteroatoms. The van der Waals surface area contributed by atoms with Crippen LogP contribution >= 0.6 is 0 Å². The fourth-order valence-corrected chi connectivity index (χ4v) is 2.00. The number of nitrogens with zero attached hydrogens (tertiary/aromatic N) is 2. The van der Waals surface area contributed by atoms with Gasteiger partial charge in [-0.15, -0.1) is 0 Å². The largest absolute Gasteiger partial charge is 0.480 e. The van der Waals surface area contributed by atoms with Crippen molar-refractivity contribution in [2.45, 2.75) is 25.8 Å². The summed E-state index contributed by atoms with van der Waals surface area (Å²) in [5.41, 5.74) is 0. The van der Waals surface area contributed by atoms with E-state index in [1.807, 2.05) is 0 Å². The first-order chi connectivity index (χ1) is 8.51. The van der Waals surface area contributed by atoms with E-state index in [-0.39, 0.29) is 18.5 Å². The van der Waals surface area contributed by atoms with Crippen LogP contribution in [0.1, 0.15) is 19.8 Å². The monoisotopic (exact) mass is 257 g/mol. The van der Waals surface area contributed by atoms with Crippen LogP contribution in [0.3, 0.4) is 0 Å². The van der Waals surface area contributed by atoms with Gasteiger partial charge in [0.1, 0.15) is 12.6 Å². The maximum Gasteiger partial charge on any atom is 0.326 e. The minimum Gasteiger partial charge on any atom is -0.480 e. The number of carboxylic acids is 1. The number of likely N-dealkylation sites (N-methyl/N-ethyl adjacent to an activating group) is 2. The van der Waals surface area contributed by atoms with Gasteiger partial charge in [0, 0.05) is 20.1 Å². The second kappa shape index (κ2) is 6.23. The highest BCUT2D eigenvalue weighted by atomic mass is 16.4. The molecule has 1 unspecified atom stereocenters. The summed E-state index contributed by atoms with van der Waals surface area (Å²) in [6.45, 7) is 2.51. The van der Waals surface area contributed by atoms with Gasteiger partial charge in [-0.05, 0) is 19.8 Å². The summed E-state index contributed by atoms with van der Waals surface area (Å²) in [7, 11) is 1.50. The van der Waals surface area contributed by atoms with E-state index < -0.39 is 12.0 Å². The first-order valence-electron chi connectivity index (χ1n) is 6.00. The van der Waals surface area contributed by atoms with Gasteiger partial charge < -0.3 is 20.2 Å². The predicted octanol–water partition coefficient (Wildman–Crippen LogP) is -0.277. The molecular weight excluding hydrogens is 238 g/mol. The van der Waals surface area contributed by atoms with Crippen molar-refractivity contribution in [3.63, 3.8) is 0 Å². The number of aliphatic carboxylic acids is 1. The molecule has 1 saturated heterocycles. The van der Waals surface area contributed by atoms with Crippen molar-refractivity contribution in [3.05, 3.63) is 0 Å². The Hall–Kier alpha value is -1.79. The molecule has 0 radical (unpaired) electrons. The minimum atomic E-state index is -0.989. The molecule has 0 aromatic heterocycles. The van der Waals surface area contributed by atoms with Crippen molar-refractivity contribution >= 4 is 17.9 Å². The van der Waals surface area contributed by atoms with Crippen molar-refractivity contribution in [1.82, 2.24) is 15.1 Å². The lowest BCUT2D eigenvalue weighted by atomic mass is 10.2. The van der Waals surface area contributed by atoms with Gasteiger partial charge in [-0.25, -0.2) is 9.59 Å². The third kappa shape index (κ3) is 3.12. The molecule has 1 aliphatic heterocycles. The number of carbonyl (C=O) groups excluding carboxylic acids is 2. The van der Waals surface area contributed by atoms with E-state index in [2.05, 4.69) is 5.32 Å². The first kappa shape index (κ1) is 14.3. The highest BCUT2D eigenvalue weighted by molar-refractivity contribution is 5.87. The summed E-state index contributed by atoms with van der Waals surface area (Å²) in [5.74, 6) is -1.26. The summed E-state index contributed by atoms with van der Waals surface area (Å²) >= 11 is 0. The molecule has 1 atom stereocenters. The fourth-order valence-electron chi connectivity index (χ4n) is 2.00. The van der Waals surface area contributed by atoms with Crippen molar-refractivity contribution in [1.29, 1.82) is 0 Å². The zero-order valence-corrected chi connectivity index (χ0v) is 10.7. The smallest absolute Gasteiger partial charge is 0.326 e. The molecule has 18 heavy (non-hydrogen) atoms. The van der Waals surface area contributed by atoms with Crippen LogP contribution < -0.4 is 5.32 Å². The van der Waals surface area contributed by atoms with Crippen LogP contribution in [0.15, 0.2) is 0 Å².